The van der Waals surface area contributed by atoms with E-state index in [2.05, 4.69) is 15.0 Å². The number of aromatic nitrogens is 1. The van der Waals surface area contributed by atoms with Crippen molar-refractivity contribution in [2.24, 2.45) is 0 Å². The number of para-hydroxylation sites is 1. The monoisotopic (exact) mass is 436 g/mol. The molecule has 0 radical (unpaired) electrons. The van der Waals surface area contributed by atoms with Gasteiger partial charge in [-0.3, -0.25) is 4.79 Å². The number of thiazole rings is 1. The highest BCUT2D eigenvalue weighted by Gasteiger charge is 2.18. The minimum Gasteiger partial charge on any atom is -0.497 e. The molecule has 3 aromatic rings. The summed E-state index contributed by atoms with van der Waals surface area (Å²) in [5.74, 6) is 0.579. The molecule has 1 unspecified atom stereocenters. The van der Waals surface area contributed by atoms with Gasteiger partial charge in [-0.2, -0.15) is 8.78 Å². The van der Waals surface area contributed by atoms with Crippen LogP contribution in [0.15, 0.2) is 58.8 Å². The van der Waals surface area contributed by atoms with Crippen LogP contribution in [-0.2, 0) is 4.79 Å². The molecule has 0 spiro atoms. The minimum absolute atomic E-state index is 0.0362. The molecule has 5 nitrogen and oxygen atoms in total. The van der Waals surface area contributed by atoms with Crippen LogP contribution in [-0.4, -0.2) is 29.9 Å². The maximum atomic E-state index is 12.6. The third-order valence-electron chi connectivity index (χ3n) is 3.85. The predicted octanol–water partition coefficient (Wildman–Crippen LogP) is 5.54. The Kier molecular flexibility index (Phi) is 7.05. The number of amides is 1. The SMILES string of the molecule is COc1ccc(SC(C)C(=O)Nc2nc(-c3ccccc3OC(F)F)cs2)cc1. The summed E-state index contributed by atoms with van der Waals surface area (Å²) < 4.78 is 34.9. The maximum Gasteiger partial charge on any atom is 0.387 e. The lowest BCUT2D eigenvalue weighted by Gasteiger charge is -2.11. The first kappa shape index (κ1) is 21.1. The van der Waals surface area contributed by atoms with Crippen LogP contribution in [0.4, 0.5) is 13.9 Å². The van der Waals surface area contributed by atoms with Gasteiger partial charge in [-0.1, -0.05) is 12.1 Å². The number of carbonyl (C=O) groups is 1. The molecule has 152 valence electrons. The first-order valence-corrected chi connectivity index (χ1v) is 10.3. The van der Waals surface area contributed by atoms with E-state index in [4.69, 9.17) is 4.74 Å². The number of nitrogens with zero attached hydrogens (tertiary/aromatic N) is 1. The number of benzene rings is 2. The number of hydrogen-bond donors (Lipinski definition) is 1. The van der Waals surface area contributed by atoms with Crippen molar-refractivity contribution in [1.29, 1.82) is 0 Å². The largest absolute Gasteiger partial charge is 0.497 e. The number of carbonyl (C=O) groups excluding carboxylic acids is 1. The van der Waals surface area contributed by atoms with Gasteiger partial charge in [-0.15, -0.1) is 23.1 Å². The van der Waals surface area contributed by atoms with Crippen LogP contribution in [0, 0.1) is 0 Å². The van der Waals surface area contributed by atoms with E-state index >= 15 is 0 Å². The molecule has 1 aromatic heterocycles. The zero-order valence-electron chi connectivity index (χ0n) is 15.6. The Morgan fingerprint density at radius 1 is 1.17 bits per heavy atom. The van der Waals surface area contributed by atoms with Gasteiger partial charge >= 0.3 is 6.61 Å². The second-order valence-electron chi connectivity index (χ2n) is 5.84. The molecule has 0 fully saturated rings. The number of ether oxygens (including phenoxy) is 2. The van der Waals surface area contributed by atoms with E-state index in [0.717, 1.165) is 10.6 Å². The number of hydrogen-bond acceptors (Lipinski definition) is 6. The summed E-state index contributed by atoms with van der Waals surface area (Å²) in [6.07, 6.45) is 0. The molecule has 0 aliphatic carbocycles. The van der Waals surface area contributed by atoms with E-state index in [1.54, 1.807) is 37.6 Å². The number of halogens is 2. The number of alkyl halides is 2. The van der Waals surface area contributed by atoms with Crippen LogP contribution < -0.4 is 14.8 Å². The van der Waals surface area contributed by atoms with Gasteiger partial charge in [0.25, 0.3) is 0 Å². The second kappa shape index (κ2) is 9.71. The highest BCUT2D eigenvalue weighted by Crippen LogP contribution is 2.33. The minimum atomic E-state index is -2.93. The molecule has 1 amide bonds. The lowest BCUT2D eigenvalue weighted by Crippen LogP contribution is -2.22. The van der Waals surface area contributed by atoms with Gasteiger partial charge in [0, 0.05) is 15.8 Å². The molecule has 29 heavy (non-hydrogen) atoms. The Hall–Kier alpha value is -2.65. The zero-order valence-corrected chi connectivity index (χ0v) is 17.2. The summed E-state index contributed by atoms with van der Waals surface area (Å²) in [4.78, 5) is 17.8. The molecule has 0 saturated carbocycles. The summed E-state index contributed by atoms with van der Waals surface area (Å²) >= 11 is 2.63. The molecule has 0 bridgehead atoms. The maximum absolute atomic E-state index is 12.6. The van der Waals surface area contributed by atoms with Gasteiger partial charge in [0.15, 0.2) is 5.13 Å². The Labute approximate surface area is 175 Å². The number of methoxy groups -OCH3 is 1. The third kappa shape index (κ3) is 5.68. The van der Waals surface area contributed by atoms with E-state index < -0.39 is 6.61 Å². The second-order valence-corrected chi connectivity index (χ2v) is 8.11. The Balaban J connectivity index is 1.65. The molecule has 1 N–H and O–H groups in total. The van der Waals surface area contributed by atoms with Gasteiger partial charge in [0.2, 0.25) is 5.91 Å². The van der Waals surface area contributed by atoms with Gasteiger partial charge in [-0.05, 0) is 43.3 Å². The lowest BCUT2D eigenvalue weighted by atomic mass is 10.1. The first-order chi connectivity index (χ1) is 14.0. The van der Waals surface area contributed by atoms with Crippen LogP contribution in [0.25, 0.3) is 11.3 Å². The van der Waals surface area contributed by atoms with E-state index in [9.17, 15) is 13.6 Å². The molecule has 0 aliphatic rings. The zero-order chi connectivity index (χ0) is 20.8. The van der Waals surface area contributed by atoms with E-state index in [1.165, 1.54) is 29.2 Å². The average molecular weight is 437 g/mol. The summed E-state index contributed by atoms with van der Waals surface area (Å²) in [7, 11) is 1.60. The molecular weight excluding hydrogens is 418 g/mol. The summed E-state index contributed by atoms with van der Waals surface area (Å²) in [5.41, 5.74) is 0.891. The van der Waals surface area contributed by atoms with E-state index in [0.29, 0.717) is 16.4 Å². The Morgan fingerprint density at radius 2 is 1.90 bits per heavy atom. The summed E-state index contributed by atoms with van der Waals surface area (Å²) in [6.45, 7) is -1.13. The van der Waals surface area contributed by atoms with Crippen LogP contribution >= 0.6 is 23.1 Å². The molecule has 0 aliphatic heterocycles. The van der Waals surface area contributed by atoms with Crippen LogP contribution in [0.2, 0.25) is 0 Å². The van der Waals surface area contributed by atoms with Crippen molar-refractivity contribution in [2.45, 2.75) is 23.7 Å². The van der Waals surface area contributed by atoms with Gasteiger partial charge < -0.3 is 14.8 Å². The number of rotatable bonds is 8. The number of nitrogens with one attached hydrogen (secondary N) is 1. The standard InChI is InChI=1S/C20H18F2N2O3S2/c1-12(29-14-9-7-13(26-2)8-10-14)18(25)24-20-23-16(11-28-20)15-5-3-4-6-17(15)27-19(21)22/h3-12,19H,1-2H3,(H,23,24,25). The Bertz CT molecular complexity index is 964. The van der Waals surface area contributed by atoms with Gasteiger partial charge in [0.05, 0.1) is 18.1 Å². The van der Waals surface area contributed by atoms with Gasteiger partial charge in [0.1, 0.15) is 11.5 Å². The highest BCUT2D eigenvalue weighted by molar-refractivity contribution is 8.00. The fourth-order valence-electron chi connectivity index (χ4n) is 2.45. The normalized spacial score (nSPS) is 11.9. The Morgan fingerprint density at radius 3 is 2.59 bits per heavy atom. The number of thioether (sulfide) groups is 1. The molecule has 3 rings (SSSR count). The summed E-state index contributed by atoms with van der Waals surface area (Å²) in [5, 5.41) is 4.49. The fraction of sp³-hybridized carbons (Fsp3) is 0.200. The van der Waals surface area contributed by atoms with Crippen molar-refractivity contribution in [1.82, 2.24) is 4.98 Å². The van der Waals surface area contributed by atoms with Crippen molar-refractivity contribution in [3.05, 3.63) is 53.9 Å². The predicted molar refractivity (Wildman–Crippen MR) is 111 cm³/mol. The van der Waals surface area contributed by atoms with Crippen molar-refractivity contribution in [2.75, 3.05) is 12.4 Å². The van der Waals surface area contributed by atoms with Crippen LogP contribution in [0.3, 0.4) is 0 Å². The smallest absolute Gasteiger partial charge is 0.387 e. The average Bonchev–Trinajstić information content (AvgIpc) is 3.16. The highest BCUT2D eigenvalue weighted by atomic mass is 32.2. The molecule has 1 heterocycles. The third-order valence-corrected chi connectivity index (χ3v) is 5.72. The quantitative estimate of drug-likeness (QED) is 0.470. The van der Waals surface area contributed by atoms with Crippen molar-refractivity contribution >= 4 is 34.1 Å². The number of anilines is 1. The molecule has 2 aromatic carbocycles. The first-order valence-electron chi connectivity index (χ1n) is 8.57. The molecule has 9 heteroatoms. The molecular formula is C20H18F2N2O3S2. The van der Waals surface area contributed by atoms with Crippen molar-refractivity contribution < 1.29 is 23.0 Å². The van der Waals surface area contributed by atoms with Crippen molar-refractivity contribution in [3.63, 3.8) is 0 Å². The molecule has 0 saturated heterocycles. The van der Waals surface area contributed by atoms with Crippen molar-refractivity contribution in [3.8, 4) is 22.8 Å². The van der Waals surface area contributed by atoms with Crippen LogP contribution in [0.5, 0.6) is 11.5 Å². The lowest BCUT2D eigenvalue weighted by molar-refractivity contribution is -0.115. The van der Waals surface area contributed by atoms with Crippen LogP contribution in [0.1, 0.15) is 6.92 Å². The molecule has 1 atom stereocenters. The van der Waals surface area contributed by atoms with Gasteiger partial charge in [-0.25, -0.2) is 4.98 Å². The summed E-state index contributed by atoms with van der Waals surface area (Å²) in [6, 6.07) is 13.8. The van der Waals surface area contributed by atoms with E-state index in [-0.39, 0.29) is 16.9 Å². The fourth-order valence-corrected chi connectivity index (χ4v) is 4.03. The topological polar surface area (TPSA) is 60.5 Å². The van der Waals surface area contributed by atoms with E-state index in [1.807, 2.05) is 24.3 Å².